The van der Waals surface area contributed by atoms with E-state index in [9.17, 15) is 10.1 Å². The van der Waals surface area contributed by atoms with Crippen molar-refractivity contribution >= 4 is 17.6 Å². The molecule has 0 atom stereocenters. The van der Waals surface area contributed by atoms with Gasteiger partial charge in [-0.1, -0.05) is 5.16 Å². The Hall–Kier alpha value is -2.15. The van der Waals surface area contributed by atoms with E-state index in [0.717, 1.165) is 5.69 Å². The van der Waals surface area contributed by atoms with Gasteiger partial charge < -0.3 is 14.8 Å². The highest BCUT2D eigenvalue weighted by Crippen LogP contribution is 2.25. The Kier molecular flexibility index (Phi) is 3.73. The Balaban J connectivity index is 2.36. The smallest absolute Gasteiger partial charge is 0.270 e. The van der Waals surface area contributed by atoms with Crippen LogP contribution in [-0.4, -0.2) is 42.6 Å². The number of ether oxygens (including phenoxy) is 1. The fourth-order valence-corrected chi connectivity index (χ4v) is 1.91. The molecular formula is C11H13N3O4. The molecule has 0 bridgehead atoms. The summed E-state index contributed by atoms with van der Waals surface area (Å²) in [7, 11) is 0. The number of nitro benzene ring substituents is 1. The average Bonchev–Trinajstić information content (AvgIpc) is 2.40. The summed E-state index contributed by atoms with van der Waals surface area (Å²) in [6.45, 7) is 2.66. The van der Waals surface area contributed by atoms with E-state index in [4.69, 9.17) is 9.94 Å². The van der Waals surface area contributed by atoms with Crippen molar-refractivity contribution in [2.45, 2.75) is 0 Å². The number of benzene rings is 1. The first kappa shape index (κ1) is 12.3. The molecule has 96 valence electrons. The number of non-ortho nitro benzene ring substituents is 1. The van der Waals surface area contributed by atoms with Crippen LogP contribution in [0.3, 0.4) is 0 Å². The monoisotopic (exact) mass is 251 g/mol. The molecule has 1 N–H and O–H groups in total. The molecule has 0 aromatic heterocycles. The van der Waals surface area contributed by atoms with Gasteiger partial charge >= 0.3 is 0 Å². The van der Waals surface area contributed by atoms with Crippen molar-refractivity contribution in [2.75, 3.05) is 31.2 Å². The van der Waals surface area contributed by atoms with Gasteiger partial charge in [-0.05, 0) is 6.07 Å². The molecule has 18 heavy (non-hydrogen) atoms. The van der Waals surface area contributed by atoms with E-state index in [1.165, 1.54) is 18.3 Å². The minimum Gasteiger partial charge on any atom is -0.411 e. The third kappa shape index (κ3) is 2.57. The third-order valence-corrected chi connectivity index (χ3v) is 2.77. The van der Waals surface area contributed by atoms with Crippen molar-refractivity contribution in [3.63, 3.8) is 0 Å². The van der Waals surface area contributed by atoms with Crippen molar-refractivity contribution in [2.24, 2.45) is 5.16 Å². The van der Waals surface area contributed by atoms with Gasteiger partial charge in [0, 0.05) is 36.5 Å². The highest BCUT2D eigenvalue weighted by molar-refractivity contribution is 5.88. The van der Waals surface area contributed by atoms with E-state index in [1.54, 1.807) is 6.07 Å². The molecule has 0 radical (unpaired) electrons. The number of morpholine rings is 1. The van der Waals surface area contributed by atoms with Crippen LogP contribution in [0.1, 0.15) is 5.56 Å². The largest absolute Gasteiger partial charge is 0.411 e. The van der Waals surface area contributed by atoms with Crippen molar-refractivity contribution in [3.8, 4) is 0 Å². The van der Waals surface area contributed by atoms with Crippen LogP contribution in [0, 0.1) is 10.1 Å². The summed E-state index contributed by atoms with van der Waals surface area (Å²) in [6, 6.07) is 4.50. The summed E-state index contributed by atoms with van der Waals surface area (Å²) in [6.07, 6.45) is 1.21. The standard InChI is InChI=1S/C11H13N3O4/c15-12-8-9-7-10(14(16)17)1-2-11(9)13-3-5-18-6-4-13/h1-2,7-8,15H,3-6H2. The van der Waals surface area contributed by atoms with Gasteiger partial charge in [0.25, 0.3) is 5.69 Å². The summed E-state index contributed by atoms with van der Waals surface area (Å²) in [5.74, 6) is 0. The van der Waals surface area contributed by atoms with Crippen LogP contribution in [0.5, 0.6) is 0 Å². The number of oxime groups is 1. The van der Waals surface area contributed by atoms with Gasteiger partial charge in [0.15, 0.2) is 0 Å². The van der Waals surface area contributed by atoms with Crippen LogP contribution < -0.4 is 4.90 Å². The van der Waals surface area contributed by atoms with Crippen LogP contribution in [0.4, 0.5) is 11.4 Å². The predicted octanol–water partition coefficient (Wildman–Crippen LogP) is 1.24. The molecule has 1 aromatic rings. The number of hydrogen-bond acceptors (Lipinski definition) is 6. The van der Waals surface area contributed by atoms with Crippen molar-refractivity contribution in [1.82, 2.24) is 0 Å². The first-order chi connectivity index (χ1) is 8.72. The Morgan fingerprint density at radius 1 is 1.44 bits per heavy atom. The summed E-state index contributed by atoms with van der Waals surface area (Å²) in [5, 5.41) is 22.3. The molecule has 7 heteroatoms. The van der Waals surface area contributed by atoms with Gasteiger partial charge in [-0.3, -0.25) is 10.1 Å². The van der Waals surface area contributed by atoms with Gasteiger partial charge in [-0.2, -0.15) is 0 Å². The zero-order valence-electron chi connectivity index (χ0n) is 9.65. The Bertz CT molecular complexity index is 469. The number of hydrogen-bond donors (Lipinski definition) is 1. The molecule has 1 aromatic carbocycles. The first-order valence-electron chi connectivity index (χ1n) is 5.51. The van der Waals surface area contributed by atoms with Gasteiger partial charge in [0.2, 0.25) is 0 Å². The number of rotatable bonds is 3. The maximum atomic E-state index is 10.7. The van der Waals surface area contributed by atoms with E-state index in [2.05, 4.69) is 5.16 Å². The number of nitro groups is 1. The second-order valence-electron chi connectivity index (χ2n) is 3.84. The van der Waals surface area contributed by atoms with E-state index in [-0.39, 0.29) is 5.69 Å². The molecule has 7 nitrogen and oxygen atoms in total. The number of anilines is 1. The van der Waals surface area contributed by atoms with Gasteiger partial charge in [-0.25, -0.2) is 0 Å². The van der Waals surface area contributed by atoms with Crippen LogP contribution >= 0.6 is 0 Å². The van der Waals surface area contributed by atoms with E-state index in [0.29, 0.717) is 31.9 Å². The van der Waals surface area contributed by atoms with Crippen molar-refractivity contribution in [1.29, 1.82) is 0 Å². The van der Waals surface area contributed by atoms with E-state index in [1.807, 2.05) is 4.90 Å². The van der Waals surface area contributed by atoms with Crippen molar-refractivity contribution in [3.05, 3.63) is 33.9 Å². The molecule has 1 heterocycles. The molecule has 0 spiro atoms. The Labute approximate surface area is 103 Å². The third-order valence-electron chi connectivity index (χ3n) is 2.77. The van der Waals surface area contributed by atoms with Crippen LogP contribution in [0.15, 0.2) is 23.4 Å². The SMILES string of the molecule is O=[N+]([O-])c1ccc(N2CCOCC2)c(C=NO)c1. The van der Waals surface area contributed by atoms with Crippen LogP contribution in [-0.2, 0) is 4.74 Å². The summed E-state index contributed by atoms with van der Waals surface area (Å²) >= 11 is 0. The van der Waals surface area contributed by atoms with E-state index >= 15 is 0 Å². The van der Waals surface area contributed by atoms with E-state index < -0.39 is 4.92 Å². The minimum absolute atomic E-state index is 0.0260. The highest BCUT2D eigenvalue weighted by Gasteiger charge is 2.17. The fraction of sp³-hybridized carbons (Fsp3) is 0.364. The lowest BCUT2D eigenvalue weighted by molar-refractivity contribution is -0.384. The lowest BCUT2D eigenvalue weighted by atomic mass is 10.1. The lowest BCUT2D eigenvalue weighted by Gasteiger charge is -2.29. The average molecular weight is 251 g/mol. The maximum absolute atomic E-state index is 10.7. The molecule has 1 aliphatic heterocycles. The molecular weight excluding hydrogens is 238 g/mol. The minimum atomic E-state index is -0.474. The lowest BCUT2D eigenvalue weighted by Crippen LogP contribution is -2.36. The quantitative estimate of drug-likeness (QED) is 0.378. The summed E-state index contributed by atoms with van der Waals surface area (Å²) in [5.41, 5.74) is 1.30. The molecule has 1 aliphatic rings. The molecule has 0 aliphatic carbocycles. The topological polar surface area (TPSA) is 88.2 Å². The predicted molar refractivity (Wildman–Crippen MR) is 65.5 cm³/mol. The highest BCUT2D eigenvalue weighted by atomic mass is 16.6. The first-order valence-corrected chi connectivity index (χ1v) is 5.51. The van der Waals surface area contributed by atoms with Gasteiger partial charge in [0.05, 0.1) is 24.4 Å². The second-order valence-corrected chi connectivity index (χ2v) is 3.84. The molecule has 1 saturated heterocycles. The zero-order valence-corrected chi connectivity index (χ0v) is 9.65. The molecule has 0 amide bonds. The van der Waals surface area contributed by atoms with Crippen molar-refractivity contribution < 1.29 is 14.9 Å². The number of nitrogens with zero attached hydrogens (tertiary/aromatic N) is 3. The second kappa shape index (κ2) is 5.46. The fourth-order valence-electron chi connectivity index (χ4n) is 1.91. The summed E-state index contributed by atoms with van der Waals surface area (Å²) in [4.78, 5) is 12.3. The molecule has 1 fully saturated rings. The van der Waals surface area contributed by atoms with Crippen LogP contribution in [0.25, 0.3) is 0 Å². The normalized spacial score (nSPS) is 16.1. The summed E-state index contributed by atoms with van der Waals surface area (Å²) < 4.78 is 5.25. The molecule has 0 unspecified atom stereocenters. The van der Waals surface area contributed by atoms with Crippen LogP contribution in [0.2, 0.25) is 0 Å². The zero-order chi connectivity index (χ0) is 13.0. The Morgan fingerprint density at radius 2 is 2.17 bits per heavy atom. The Morgan fingerprint density at radius 3 is 2.78 bits per heavy atom. The van der Waals surface area contributed by atoms with Gasteiger partial charge in [0.1, 0.15) is 0 Å². The maximum Gasteiger partial charge on any atom is 0.270 e. The molecule has 2 rings (SSSR count). The van der Waals surface area contributed by atoms with Gasteiger partial charge in [-0.15, -0.1) is 0 Å². The molecule has 0 saturated carbocycles.